The van der Waals surface area contributed by atoms with Gasteiger partial charge in [-0.3, -0.25) is 14.4 Å². The van der Waals surface area contributed by atoms with Crippen molar-refractivity contribution in [1.82, 2.24) is 5.32 Å². The highest BCUT2D eigenvalue weighted by Crippen LogP contribution is 2.27. The first-order valence-corrected chi connectivity index (χ1v) is 11.9. The van der Waals surface area contributed by atoms with E-state index in [1.165, 1.54) is 0 Å². The van der Waals surface area contributed by atoms with E-state index in [9.17, 15) is 14.4 Å². The fraction of sp³-hybridized carbons (Fsp3) is 0.250. The summed E-state index contributed by atoms with van der Waals surface area (Å²) >= 11 is 0. The monoisotopic (exact) mass is 487 g/mol. The minimum Gasteiger partial charge on any atom is -0.494 e. The van der Waals surface area contributed by atoms with E-state index in [2.05, 4.69) is 10.6 Å². The Balaban J connectivity index is 1.24. The maximum Gasteiger partial charge on any atom is 0.262 e. The minimum atomic E-state index is -0.400. The second-order valence-electron chi connectivity index (χ2n) is 8.40. The van der Waals surface area contributed by atoms with E-state index >= 15 is 0 Å². The normalized spacial score (nSPS) is 14.9. The summed E-state index contributed by atoms with van der Waals surface area (Å²) in [5.41, 5.74) is 2.35. The zero-order valence-electron chi connectivity index (χ0n) is 20.1. The molecule has 1 fully saturated rings. The first kappa shape index (κ1) is 24.8. The fourth-order valence-electron chi connectivity index (χ4n) is 3.93. The van der Waals surface area contributed by atoms with Crippen molar-refractivity contribution in [3.63, 3.8) is 0 Å². The highest BCUT2D eigenvalue weighted by molar-refractivity contribution is 6.00. The van der Waals surface area contributed by atoms with Gasteiger partial charge in [0.2, 0.25) is 11.8 Å². The fourth-order valence-corrected chi connectivity index (χ4v) is 3.93. The third-order valence-electron chi connectivity index (χ3n) is 5.77. The molecule has 3 aromatic rings. The van der Waals surface area contributed by atoms with Crippen LogP contribution in [0.15, 0.2) is 78.9 Å². The van der Waals surface area contributed by atoms with Gasteiger partial charge in [-0.05, 0) is 61.0 Å². The lowest BCUT2D eigenvalue weighted by molar-refractivity contribution is -0.126. The molecule has 0 aliphatic carbocycles. The van der Waals surface area contributed by atoms with E-state index in [1.54, 1.807) is 53.4 Å². The van der Waals surface area contributed by atoms with Gasteiger partial charge < -0.3 is 25.0 Å². The quantitative estimate of drug-likeness (QED) is 0.454. The molecule has 0 radical (unpaired) electrons. The molecule has 8 nitrogen and oxygen atoms in total. The first-order chi connectivity index (χ1) is 17.5. The number of nitrogens with one attached hydrogen (secondary N) is 2. The van der Waals surface area contributed by atoms with Crippen LogP contribution in [0.2, 0.25) is 0 Å². The summed E-state index contributed by atoms with van der Waals surface area (Å²) in [5, 5.41) is 5.68. The Hall–Kier alpha value is -4.33. The van der Waals surface area contributed by atoms with Gasteiger partial charge in [0, 0.05) is 30.9 Å². The minimum absolute atomic E-state index is 0.0988. The van der Waals surface area contributed by atoms with Crippen LogP contribution in [0.1, 0.15) is 18.9 Å². The second kappa shape index (κ2) is 11.9. The molecule has 1 saturated heterocycles. The molecule has 3 aromatic carbocycles. The number of ether oxygens (including phenoxy) is 2. The molecule has 0 spiro atoms. The molecule has 36 heavy (non-hydrogen) atoms. The predicted molar refractivity (Wildman–Crippen MR) is 137 cm³/mol. The molecule has 1 aliphatic heterocycles. The van der Waals surface area contributed by atoms with Crippen LogP contribution in [0.5, 0.6) is 11.5 Å². The molecular weight excluding hydrogens is 458 g/mol. The third-order valence-corrected chi connectivity index (χ3v) is 5.77. The summed E-state index contributed by atoms with van der Waals surface area (Å²) in [6.07, 6.45) is 0.171. The number of anilines is 2. The Morgan fingerprint density at radius 3 is 2.28 bits per heavy atom. The van der Waals surface area contributed by atoms with E-state index < -0.39 is 5.92 Å². The Morgan fingerprint density at radius 2 is 1.58 bits per heavy atom. The van der Waals surface area contributed by atoms with Crippen LogP contribution in [-0.4, -0.2) is 37.5 Å². The highest BCUT2D eigenvalue weighted by Gasteiger charge is 2.35. The summed E-state index contributed by atoms with van der Waals surface area (Å²) in [4.78, 5) is 38.9. The number of rotatable bonds is 10. The number of nitrogens with zero attached hydrogens (tertiary/aromatic N) is 1. The third kappa shape index (κ3) is 6.63. The lowest BCUT2D eigenvalue weighted by atomic mass is 10.1. The Kier molecular flexibility index (Phi) is 8.18. The van der Waals surface area contributed by atoms with Crippen molar-refractivity contribution in [2.45, 2.75) is 19.9 Å². The standard InChI is InChI=1S/C28H29N3O5/c1-2-35-24-12-8-22(9-13-24)30-26(32)19-36-25-14-10-23(11-15-25)31-18-21(16-27(31)33)28(34)29-17-20-6-4-3-5-7-20/h3-15,21H,2,16-19H2,1H3,(H,29,34)(H,30,32). The molecule has 0 saturated carbocycles. The van der Waals surface area contributed by atoms with E-state index in [0.717, 1.165) is 11.3 Å². The zero-order chi connectivity index (χ0) is 25.3. The summed E-state index contributed by atoms with van der Waals surface area (Å²) in [6, 6.07) is 23.7. The van der Waals surface area contributed by atoms with Crippen molar-refractivity contribution in [3.05, 3.63) is 84.4 Å². The van der Waals surface area contributed by atoms with Crippen molar-refractivity contribution >= 4 is 29.1 Å². The van der Waals surface area contributed by atoms with Crippen LogP contribution in [0, 0.1) is 5.92 Å². The number of hydrogen-bond acceptors (Lipinski definition) is 5. The maximum absolute atomic E-state index is 12.6. The van der Waals surface area contributed by atoms with E-state index in [-0.39, 0.29) is 30.7 Å². The second-order valence-corrected chi connectivity index (χ2v) is 8.40. The van der Waals surface area contributed by atoms with Gasteiger partial charge in [0.25, 0.3) is 5.91 Å². The highest BCUT2D eigenvalue weighted by atomic mass is 16.5. The average molecular weight is 488 g/mol. The Bertz CT molecular complexity index is 1180. The molecule has 0 aromatic heterocycles. The smallest absolute Gasteiger partial charge is 0.262 e. The molecule has 186 valence electrons. The molecule has 8 heteroatoms. The Morgan fingerprint density at radius 1 is 0.917 bits per heavy atom. The van der Waals surface area contributed by atoms with Crippen LogP contribution in [0.25, 0.3) is 0 Å². The SMILES string of the molecule is CCOc1ccc(NC(=O)COc2ccc(N3CC(C(=O)NCc4ccccc4)CC3=O)cc2)cc1. The summed E-state index contributed by atoms with van der Waals surface area (Å²) in [7, 11) is 0. The molecule has 1 aliphatic rings. The van der Waals surface area contributed by atoms with Crippen LogP contribution >= 0.6 is 0 Å². The van der Waals surface area contributed by atoms with Gasteiger partial charge in [-0.1, -0.05) is 30.3 Å². The van der Waals surface area contributed by atoms with Crippen LogP contribution in [-0.2, 0) is 20.9 Å². The van der Waals surface area contributed by atoms with Crippen molar-refractivity contribution in [1.29, 1.82) is 0 Å². The molecule has 4 rings (SSSR count). The van der Waals surface area contributed by atoms with Crippen LogP contribution in [0.3, 0.4) is 0 Å². The number of carbonyl (C=O) groups excluding carboxylic acids is 3. The number of hydrogen-bond donors (Lipinski definition) is 2. The van der Waals surface area contributed by atoms with Gasteiger partial charge in [0.1, 0.15) is 11.5 Å². The largest absolute Gasteiger partial charge is 0.494 e. The first-order valence-electron chi connectivity index (χ1n) is 11.9. The predicted octanol–water partition coefficient (Wildman–Crippen LogP) is 3.77. The van der Waals surface area contributed by atoms with Crippen molar-refractivity contribution in [3.8, 4) is 11.5 Å². The molecular formula is C28H29N3O5. The van der Waals surface area contributed by atoms with Gasteiger partial charge in [0.05, 0.1) is 12.5 Å². The van der Waals surface area contributed by atoms with Crippen LogP contribution < -0.4 is 25.0 Å². The van der Waals surface area contributed by atoms with Crippen LogP contribution in [0.4, 0.5) is 11.4 Å². The topological polar surface area (TPSA) is 97.0 Å². The molecule has 3 amide bonds. The summed E-state index contributed by atoms with van der Waals surface area (Å²) in [5.74, 6) is 0.323. The Labute approximate surface area is 210 Å². The average Bonchev–Trinajstić information content (AvgIpc) is 3.30. The summed E-state index contributed by atoms with van der Waals surface area (Å²) in [6.45, 7) is 3.09. The van der Waals surface area contributed by atoms with Crippen molar-refractivity contribution < 1.29 is 23.9 Å². The molecule has 1 atom stereocenters. The van der Waals surface area contributed by atoms with Gasteiger partial charge in [-0.2, -0.15) is 0 Å². The van der Waals surface area contributed by atoms with E-state index in [0.29, 0.717) is 36.8 Å². The van der Waals surface area contributed by atoms with Gasteiger partial charge in [-0.15, -0.1) is 0 Å². The van der Waals surface area contributed by atoms with Gasteiger partial charge in [-0.25, -0.2) is 0 Å². The lowest BCUT2D eigenvalue weighted by Crippen LogP contribution is -2.32. The van der Waals surface area contributed by atoms with Gasteiger partial charge in [0.15, 0.2) is 6.61 Å². The van der Waals surface area contributed by atoms with E-state index in [1.807, 2.05) is 37.3 Å². The zero-order valence-corrected chi connectivity index (χ0v) is 20.1. The van der Waals surface area contributed by atoms with E-state index in [4.69, 9.17) is 9.47 Å². The summed E-state index contributed by atoms with van der Waals surface area (Å²) < 4.78 is 11.0. The van der Waals surface area contributed by atoms with Gasteiger partial charge >= 0.3 is 0 Å². The molecule has 0 bridgehead atoms. The molecule has 1 heterocycles. The maximum atomic E-state index is 12.6. The molecule has 1 unspecified atom stereocenters. The van der Waals surface area contributed by atoms with Crippen molar-refractivity contribution in [2.75, 3.05) is 30.0 Å². The lowest BCUT2D eigenvalue weighted by Gasteiger charge is -2.17. The van der Waals surface area contributed by atoms with Crippen molar-refractivity contribution in [2.24, 2.45) is 5.92 Å². The number of amides is 3. The number of carbonyl (C=O) groups is 3. The molecule has 2 N–H and O–H groups in total. The number of benzene rings is 3.